The van der Waals surface area contributed by atoms with Crippen molar-refractivity contribution in [1.29, 1.82) is 0 Å². The van der Waals surface area contributed by atoms with E-state index in [1.54, 1.807) is 24.3 Å². The summed E-state index contributed by atoms with van der Waals surface area (Å²) in [4.78, 5) is 12.6. The molecule has 190 valence electrons. The first-order chi connectivity index (χ1) is 16.9. The van der Waals surface area contributed by atoms with Gasteiger partial charge in [-0.2, -0.15) is 0 Å². The predicted octanol–water partition coefficient (Wildman–Crippen LogP) is 8.62. The Labute approximate surface area is 207 Å². The number of rotatable bonds is 7. The Morgan fingerprint density at radius 2 is 1.40 bits per heavy atom. The molecule has 2 aliphatic rings. The molecule has 0 radical (unpaired) electrons. The van der Waals surface area contributed by atoms with Crippen LogP contribution in [0, 0.1) is 29.3 Å². The largest absolute Gasteiger partial charge is 0.426 e. The van der Waals surface area contributed by atoms with Crippen LogP contribution in [-0.4, -0.2) is 5.97 Å². The lowest BCUT2D eigenvalue weighted by molar-refractivity contribution is -0.140. The number of carbonyl (C=O) groups excluding carboxylic acids is 1. The van der Waals surface area contributed by atoms with E-state index in [1.807, 2.05) is 6.92 Å². The second kappa shape index (κ2) is 11.6. The van der Waals surface area contributed by atoms with E-state index >= 15 is 8.78 Å². The first-order valence-corrected chi connectivity index (χ1v) is 13.4. The maximum absolute atomic E-state index is 15.1. The second-order valence-corrected chi connectivity index (χ2v) is 10.5. The molecule has 2 saturated carbocycles. The monoisotopic (exact) mass is 486 g/mol. The quantitative estimate of drug-likeness (QED) is 0.289. The molecule has 0 unspecified atom stereocenters. The summed E-state index contributed by atoms with van der Waals surface area (Å²) in [6.07, 6.45) is 8.93. The van der Waals surface area contributed by atoms with Gasteiger partial charge in [0, 0.05) is 6.07 Å². The summed E-state index contributed by atoms with van der Waals surface area (Å²) in [6.45, 7) is 4.18. The van der Waals surface area contributed by atoms with Crippen molar-refractivity contribution >= 4 is 5.97 Å². The zero-order chi connectivity index (χ0) is 24.9. The average molecular weight is 487 g/mol. The van der Waals surface area contributed by atoms with Gasteiger partial charge < -0.3 is 4.74 Å². The Kier molecular flexibility index (Phi) is 8.56. The average Bonchev–Trinajstić information content (AvgIpc) is 2.87. The summed E-state index contributed by atoms with van der Waals surface area (Å²) in [7, 11) is 0. The van der Waals surface area contributed by atoms with E-state index in [2.05, 4.69) is 6.92 Å². The third-order valence-electron chi connectivity index (χ3n) is 8.27. The molecule has 0 saturated heterocycles. The lowest BCUT2D eigenvalue weighted by Crippen LogP contribution is -2.25. The Morgan fingerprint density at radius 3 is 1.91 bits per heavy atom. The molecule has 0 bridgehead atoms. The summed E-state index contributed by atoms with van der Waals surface area (Å²) < 4.78 is 49.8. The van der Waals surface area contributed by atoms with Gasteiger partial charge in [0.25, 0.3) is 0 Å². The highest BCUT2D eigenvalue weighted by molar-refractivity contribution is 5.75. The fourth-order valence-corrected chi connectivity index (χ4v) is 5.99. The van der Waals surface area contributed by atoms with Crippen LogP contribution in [0.5, 0.6) is 5.75 Å². The molecule has 35 heavy (non-hydrogen) atoms. The number of carbonyl (C=O) groups is 1. The zero-order valence-corrected chi connectivity index (χ0v) is 20.9. The minimum atomic E-state index is -0.714. The van der Waals surface area contributed by atoms with E-state index in [4.69, 9.17) is 4.74 Å². The zero-order valence-electron chi connectivity index (χ0n) is 20.9. The van der Waals surface area contributed by atoms with Crippen LogP contribution in [0.1, 0.15) is 107 Å². The van der Waals surface area contributed by atoms with Crippen molar-refractivity contribution in [2.24, 2.45) is 11.8 Å². The van der Waals surface area contributed by atoms with Crippen molar-refractivity contribution in [3.8, 4) is 5.75 Å². The molecule has 0 heterocycles. The first-order valence-electron chi connectivity index (χ1n) is 13.4. The van der Waals surface area contributed by atoms with Gasteiger partial charge in [-0.05, 0) is 98.3 Å². The van der Waals surface area contributed by atoms with Crippen molar-refractivity contribution < 1.29 is 22.7 Å². The van der Waals surface area contributed by atoms with Crippen LogP contribution >= 0.6 is 0 Å². The molecule has 0 amide bonds. The third kappa shape index (κ3) is 5.92. The predicted molar refractivity (Wildman–Crippen MR) is 132 cm³/mol. The number of esters is 1. The smallest absolute Gasteiger partial charge is 0.314 e. The van der Waals surface area contributed by atoms with Crippen LogP contribution < -0.4 is 4.74 Å². The number of benzene rings is 2. The van der Waals surface area contributed by atoms with Crippen LogP contribution in [0.25, 0.3) is 0 Å². The van der Waals surface area contributed by atoms with E-state index in [-0.39, 0.29) is 35.3 Å². The Bertz CT molecular complexity index is 1020. The summed E-state index contributed by atoms with van der Waals surface area (Å²) in [6, 6.07) is 8.12. The fourth-order valence-electron chi connectivity index (χ4n) is 5.99. The molecule has 5 heteroatoms. The van der Waals surface area contributed by atoms with Crippen molar-refractivity contribution in [3.05, 3.63) is 64.5 Å². The van der Waals surface area contributed by atoms with Gasteiger partial charge in [0.15, 0.2) is 11.6 Å². The van der Waals surface area contributed by atoms with Gasteiger partial charge in [-0.25, -0.2) is 13.2 Å². The van der Waals surface area contributed by atoms with Crippen LogP contribution in [0.15, 0.2) is 30.3 Å². The van der Waals surface area contributed by atoms with E-state index in [0.717, 1.165) is 38.5 Å². The van der Waals surface area contributed by atoms with Gasteiger partial charge >= 0.3 is 5.97 Å². The molecular weight excluding hydrogens is 449 g/mol. The van der Waals surface area contributed by atoms with Crippen molar-refractivity contribution in [3.63, 3.8) is 0 Å². The fraction of sp³-hybridized carbons (Fsp3) is 0.567. The Morgan fingerprint density at radius 1 is 0.829 bits per heavy atom. The normalized spacial score (nSPS) is 24.8. The molecule has 0 N–H and O–H groups in total. The van der Waals surface area contributed by atoms with Crippen LogP contribution in [0.3, 0.4) is 0 Å². The molecular formula is C30H37F3O2. The van der Waals surface area contributed by atoms with E-state index < -0.39 is 11.6 Å². The van der Waals surface area contributed by atoms with E-state index in [1.165, 1.54) is 6.07 Å². The molecule has 0 atom stereocenters. The first kappa shape index (κ1) is 25.8. The summed E-state index contributed by atoms with van der Waals surface area (Å²) in [5, 5.41) is 0. The molecule has 0 aliphatic heterocycles. The van der Waals surface area contributed by atoms with Gasteiger partial charge in [0.2, 0.25) is 0 Å². The van der Waals surface area contributed by atoms with E-state index in [9.17, 15) is 9.18 Å². The molecule has 2 aliphatic carbocycles. The summed E-state index contributed by atoms with van der Waals surface area (Å²) in [5.41, 5.74) is 1.56. The maximum Gasteiger partial charge on any atom is 0.314 e. The number of halogens is 3. The molecule has 0 aromatic heterocycles. The van der Waals surface area contributed by atoms with Crippen LogP contribution in [-0.2, 0) is 11.2 Å². The molecule has 2 nitrogen and oxygen atoms in total. The highest BCUT2D eigenvalue weighted by Crippen LogP contribution is 2.42. The maximum atomic E-state index is 15.1. The second-order valence-electron chi connectivity index (χ2n) is 10.5. The molecule has 0 spiro atoms. The minimum Gasteiger partial charge on any atom is -0.426 e. The molecule has 2 fully saturated rings. The number of hydrogen-bond donors (Lipinski definition) is 0. The number of aryl methyl sites for hydroxylation is 1. The Hall–Kier alpha value is -2.30. The van der Waals surface area contributed by atoms with Gasteiger partial charge in [0.05, 0.1) is 5.92 Å². The number of hydrogen-bond acceptors (Lipinski definition) is 2. The highest BCUT2D eigenvalue weighted by atomic mass is 19.2. The minimum absolute atomic E-state index is 0.104. The lowest BCUT2D eigenvalue weighted by Gasteiger charge is -2.30. The van der Waals surface area contributed by atoms with Crippen molar-refractivity contribution in [1.82, 2.24) is 0 Å². The third-order valence-corrected chi connectivity index (χ3v) is 8.27. The summed E-state index contributed by atoms with van der Waals surface area (Å²) in [5.74, 6) is -1.53. The van der Waals surface area contributed by atoms with Gasteiger partial charge in [0.1, 0.15) is 11.6 Å². The standard InChI is InChI=1S/C30H37F3O2/c1-3-5-22-14-15-24(18-27(22)31)35-30(34)23-12-10-21(11-13-23)26-17-16-25(28(32)29(26)33)20-8-6-19(4-2)7-9-20/h14-21,23H,3-13H2,1-2H3. The molecule has 4 rings (SSSR count). The van der Waals surface area contributed by atoms with Gasteiger partial charge in [-0.3, -0.25) is 4.79 Å². The van der Waals surface area contributed by atoms with Crippen molar-refractivity contribution in [2.45, 2.75) is 96.3 Å². The Balaban J connectivity index is 1.35. The van der Waals surface area contributed by atoms with Gasteiger partial charge in [-0.15, -0.1) is 0 Å². The lowest BCUT2D eigenvalue weighted by atomic mass is 9.76. The number of ether oxygens (including phenoxy) is 1. The van der Waals surface area contributed by atoms with Gasteiger partial charge in [-0.1, -0.05) is 44.9 Å². The molecule has 2 aromatic carbocycles. The topological polar surface area (TPSA) is 26.3 Å². The highest BCUT2D eigenvalue weighted by Gasteiger charge is 2.32. The SMILES string of the molecule is CCCc1ccc(OC(=O)C2CCC(c3ccc(C4CCC(CC)CC4)c(F)c3F)CC2)cc1F. The van der Waals surface area contributed by atoms with Crippen LogP contribution in [0.4, 0.5) is 13.2 Å². The van der Waals surface area contributed by atoms with Crippen LogP contribution in [0.2, 0.25) is 0 Å². The molecule has 2 aromatic rings. The summed E-state index contributed by atoms with van der Waals surface area (Å²) >= 11 is 0. The van der Waals surface area contributed by atoms with Crippen molar-refractivity contribution in [2.75, 3.05) is 0 Å². The van der Waals surface area contributed by atoms with E-state index in [0.29, 0.717) is 54.7 Å².